The van der Waals surface area contributed by atoms with Crippen molar-refractivity contribution in [1.82, 2.24) is 14.9 Å². The van der Waals surface area contributed by atoms with Crippen molar-refractivity contribution >= 4 is 39.9 Å². The van der Waals surface area contributed by atoms with Crippen molar-refractivity contribution < 1.29 is 13.2 Å². The van der Waals surface area contributed by atoms with Gasteiger partial charge in [0.2, 0.25) is 15.9 Å². The van der Waals surface area contributed by atoms with Crippen LogP contribution >= 0.6 is 24.0 Å². The van der Waals surface area contributed by atoms with Crippen LogP contribution in [0.2, 0.25) is 5.02 Å². The normalized spacial score (nSPS) is 18.0. The Kier molecular flexibility index (Phi) is 8.45. The molecule has 0 bridgehead atoms. The van der Waals surface area contributed by atoms with Crippen LogP contribution in [0.25, 0.3) is 0 Å². The van der Waals surface area contributed by atoms with E-state index in [0.717, 1.165) is 30.2 Å². The fourth-order valence-electron chi connectivity index (χ4n) is 2.49. The van der Waals surface area contributed by atoms with Crippen LogP contribution in [0.4, 0.5) is 0 Å². The second-order valence-electron chi connectivity index (χ2n) is 5.73. The number of benzene rings is 1. The number of halogens is 2. The highest BCUT2D eigenvalue weighted by Crippen LogP contribution is 2.17. The summed E-state index contributed by atoms with van der Waals surface area (Å²) in [5.41, 5.74) is 0. The molecular weight excluding hydrogens is 373 g/mol. The highest BCUT2D eigenvalue weighted by molar-refractivity contribution is 7.89. The van der Waals surface area contributed by atoms with E-state index in [9.17, 15) is 13.2 Å². The molecule has 1 aliphatic heterocycles. The molecule has 1 unspecified atom stereocenters. The minimum absolute atomic E-state index is 0. The monoisotopic (exact) mass is 395 g/mol. The summed E-state index contributed by atoms with van der Waals surface area (Å²) in [6.07, 6.45) is 2.18. The second kappa shape index (κ2) is 9.58. The van der Waals surface area contributed by atoms with Gasteiger partial charge in [0.25, 0.3) is 0 Å². The van der Waals surface area contributed by atoms with Gasteiger partial charge in [0.1, 0.15) is 0 Å². The zero-order valence-electron chi connectivity index (χ0n) is 13.5. The summed E-state index contributed by atoms with van der Waals surface area (Å²) >= 11 is 5.76. The SMILES string of the molecule is CN(CC(=O)NCC1CCCNC1)S(=O)(=O)c1ccc(Cl)cc1.Cl. The smallest absolute Gasteiger partial charge is 0.243 e. The highest BCUT2D eigenvalue weighted by atomic mass is 35.5. The molecule has 0 spiro atoms. The fraction of sp³-hybridized carbons (Fsp3) is 0.533. The van der Waals surface area contributed by atoms with Crippen molar-refractivity contribution in [3.8, 4) is 0 Å². The molecule has 1 aliphatic rings. The Morgan fingerprint density at radius 1 is 1.38 bits per heavy atom. The van der Waals surface area contributed by atoms with E-state index in [4.69, 9.17) is 11.6 Å². The molecule has 2 rings (SSSR count). The second-order valence-corrected chi connectivity index (χ2v) is 8.21. The summed E-state index contributed by atoms with van der Waals surface area (Å²) in [5.74, 6) is 0.112. The number of hydrogen-bond acceptors (Lipinski definition) is 4. The lowest BCUT2D eigenvalue weighted by Crippen LogP contribution is -2.42. The topological polar surface area (TPSA) is 78.5 Å². The molecule has 1 fully saturated rings. The average Bonchev–Trinajstić information content (AvgIpc) is 2.54. The molecule has 9 heteroatoms. The van der Waals surface area contributed by atoms with E-state index in [1.165, 1.54) is 31.3 Å². The summed E-state index contributed by atoms with van der Waals surface area (Å²) in [4.78, 5) is 12.1. The van der Waals surface area contributed by atoms with Crippen molar-refractivity contribution in [3.05, 3.63) is 29.3 Å². The minimum atomic E-state index is -3.69. The van der Waals surface area contributed by atoms with Crippen LogP contribution in [0.1, 0.15) is 12.8 Å². The summed E-state index contributed by atoms with van der Waals surface area (Å²) in [7, 11) is -2.30. The van der Waals surface area contributed by atoms with Gasteiger partial charge in [-0.3, -0.25) is 4.79 Å². The predicted molar refractivity (Wildman–Crippen MR) is 97.1 cm³/mol. The zero-order chi connectivity index (χ0) is 16.9. The van der Waals surface area contributed by atoms with Gasteiger partial charge in [0.15, 0.2) is 0 Å². The van der Waals surface area contributed by atoms with Crippen LogP contribution in [-0.2, 0) is 14.8 Å². The summed E-state index contributed by atoms with van der Waals surface area (Å²) in [5, 5.41) is 6.55. The maximum Gasteiger partial charge on any atom is 0.243 e. The molecule has 0 aliphatic carbocycles. The number of carbonyl (C=O) groups excluding carboxylic acids is 1. The number of carbonyl (C=O) groups is 1. The molecule has 136 valence electrons. The van der Waals surface area contributed by atoms with E-state index >= 15 is 0 Å². The largest absolute Gasteiger partial charge is 0.355 e. The van der Waals surface area contributed by atoms with Crippen molar-refractivity contribution in [1.29, 1.82) is 0 Å². The Balaban J connectivity index is 0.00000288. The van der Waals surface area contributed by atoms with Crippen LogP contribution in [0.15, 0.2) is 29.2 Å². The van der Waals surface area contributed by atoms with E-state index < -0.39 is 10.0 Å². The maximum absolute atomic E-state index is 12.4. The first kappa shape index (κ1) is 21.2. The summed E-state index contributed by atoms with van der Waals surface area (Å²) in [6, 6.07) is 5.89. The molecule has 0 saturated carbocycles. The van der Waals surface area contributed by atoms with E-state index in [1.54, 1.807) is 0 Å². The molecule has 1 amide bonds. The third-order valence-electron chi connectivity index (χ3n) is 3.87. The number of nitrogens with zero attached hydrogens (tertiary/aromatic N) is 1. The van der Waals surface area contributed by atoms with Gasteiger partial charge in [0.05, 0.1) is 11.4 Å². The molecule has 0 aromatic heterocycles. The van der Waals surface area contributed by atoms with Crippen molar-refractivity contribution in [2.75, 3.05) is 33.2 Å². The molecule has 2 N–H and O–H groups in total. The first-order chi connectivity index (χ1) is 10.9. The van der Waals surface area contributed by atoms with Gasteiger partial charge < -0.3 is 10.6 Å². The quantitative estimate of drug-likeness (QED) is 0.764. The van der Waals surface area contributed by atoms with Crippen molar-refractivity contribution in [2.45, 2.75) is 17.7 Å². The van der Waals surface area contributed by atoms with Crippen molar-refractivity contribution in [3.63, 3.8) is 0 Å². The van der Waals surface area contributed by atoms with Gasteiger partial charge in [0, 0.05) is 18.6 Å². The molecule has 6 nitrogen and oxygen atoms in total. The Bertz CT molecular complexity index is 632. The first-order valence-electron chi connectivity index (χ1n) is 7.59. The van der Waals surface area contributed by atoms with Gasteiger partial charge in [-0.1, -0.05) is 11.6 Å². The molecule has 1 aromatic carbocycles. The lowest BCUT2D eigenvalue weighted by Gasteiger charge is -2.23. The Morgan fingerprint density at radius 3 is 2.62 bits per heavy atom. The number of likely N-dealkylation sites (N-methyl/N-ethyl adjacent to an activating group) is 1. The zero-order valence-corrected chi connectivity index (χ0v) is 15.9. The summed E-state index contributed by atoms with van der Waals surface area (Å²) in [6.45, 7) is 2.28. The predicted octanol–water partition coefficient (Wildman–Crippen LogP) is 1.50. The Morgan fingerprint density at radius 2 is 2.04 bits per heavy atom. The maximum atomic E-state index is 12.4. The highest BCUT2D eigenvalue weighted by Gasteiger charge is 2.23. The van der Waals surface area contributed by atoms with Gasteiger partial charge >= 0.3 is 0 Å². The molecule has 1 aromatic rings. The number of rotatable bonds is 6. The third kappa shape index (κ3) is 5.89. The van der Waals surface area contributed by atoms with Crippen LogP contribution in [-0.4, -0.2) is 51.9 Å². The van der Waals surface area contributed by atoms with Gasteiger partial charge in [-0.2, -0.15) is 4.31 Å². The van der Waals surface area contributed by atoms with Gasteiger partial charge in [-0.05, 0) is 56.1 Å². The lowest BCUT2D eigenvalue weighted by molar-refractivity contribution is -0.121. The van der Waals surface area contributed by atoms with Crippen LogP contribution < -0.4 is 10.6 Å². The van der Waals surface area contributed by atoms with Gasteiger partial charge in [-0.15, -0.1) is 12.4 Å². The fourth-order valence-corrected chi connectivity index (χ4v) is 3.74. The first-order valence-corrected chi connectivity index (χ1v) is 9.40. The minimum Gasteiger partial charge on any atom is -0.355 e. The Hall–Kier alpha value is -0.860. The number of hydrogen-bond donors (Lipinski definition) is 2. The van der Waals surface area contributed by atoms with Crippen LogP contribution in [0.5, 0.6) is 0 Å². The number of piperidine rings is 1. The van der Waals surface area contributed by atoms with Crippen LogP contribution in [0, 0.1) is 5.92 Å². The Labute approximate surface area is 154 Å². The standard InChI is InChI=1S/C15H22ClN3O3S.ClH/c1-19(23(21,22)14-6-4-13(16)5-7-14)11-15(20)18-10-12-3-2-8-17-9-12;/h4-7,12,17H,2-3,8-11H2,1H3,(H,18,20);1H. The number of nitrogens with one attached hydrogen (secondary N) is 2. The van der Waals surface area contributed by atoms with E-state index in [2.05, 4.69) is 10.6 Å². The molecule has 1 atom stereocenters. The lowest BCUT2D eigenvalue weighted by atomic mass is 10.00. The summed E-state index contributed by atoms with van der Waals surface area (Å²) < 4.78 is 25.8. The van der Waals surface area contributed by atoms with E-state index in [0.29, 0.717) is 17.5 Å². The van der Waals surface area contributed by atoms with E-state index in [1.807, 2.05) is 0 Å². The van der Waals surface area contributed by atoms with Gasteiger partial charge in [-0.25, -0.2) is 8.42 Å². The third-order valence-corrected chi connectivity index (χ3v) is 5.94. The molecule has 1 heterocycles. The number of sulfonamides is 1. The molecule has 0 radical (unpaired) electrons. The molecule has 1 saturated heterocycles. The molecular formula is C15H23Cl2N3O3S. The molecule has 24 heavy (non-hydrogen) atoms. The van der Waals surface area contributed by atoms with Crippen LogP contribution in [0.3, 0.4) is 0 Å². The van der Waals surface area contributed by atoms with E-state index in [-0.39, 0.29) is 29.8 Å². The number of amides is 1. The van der Waals surface area contributed by atoms with Crippen molar-refractivity contribution in [2.24, 2.45) is 5.92 Å². The average molecular weight is 396 g/mol.